The van der Waals surface area contributed by atoms with Gasteiger partial charge in [-0.25, -0.2) is 4.79 Å². The van der Waals surface area contributed by atoms with Crippen molar-refractivity contribution in [3.05, 3.63) is 57.8 Å². The molecule has 6 heteroatoms. The Kier molecular flexibility index (Phi) is 5.71. The molecule has 26 heavy (non-hydrogen) atoms. The highest BCUT2D eigenvalue weighted by molar-refractivity contribution is 5.76. The highest BCUT2D eigenvalue weighted by Crippen LogP contribution is 2.19. The molecule has 2 heterocycles. The zero-order valence-electron chi connectivity index (χ0n) is 15.4. The van der Waals surface area contributed by atoms with Gasteiger partial charge in [-0.3, -0.25) is 4.79 Å². The molecule has 2 aromatic rings. The van der Waals surface area contributed by atoms with Crippen LogP contribution in [0.3, 0.4) is 0 Å². The van der Waals surface area contributed by atoms with Crippen molar-refractivity contribution in [3.63, 3.8) is 0 Å². The van der Waals surface area contributed by atoms with Gasteiger partial charge in [0.2, 0.25) is 5.91 Å². The van der Waals surface area contributed by atoms with Crippen LogP contribution in [0.4, 0.5) is 5.69 Å². The molecule has 0 saturated carbocycles. The summed E-state index contributed by atoms with van der Waals surface area (Å²) >= 11 is 0. The summed E-state index contributed by atoms with van der Waals surface area (Å²) in [6, 6.07) is 10.6. The van der Waals surface area contributed by atoms with Crippen LogP contribution in [0.25, 0.3) is 0 Å². The van der Waals surface area contributed by atoms with E-state index in [1.807, 2.05) is 19.9 Å². The van der Waals surface area contributed by atoms with E-state index < -0.39 is 0 Å². The molecule has 0 radical (unpaired) electrons. The van der Waals surface area contributed by atoms with Gasteiger partial charge in [-0.15, -0.1) is 0 Å². The van der Waals surface area contributed by atoms with Crippen LogP contribution in [-0.4, -0.2) is 35.0 Å². The van der Waals surface area contributed by atoms with E-state index in [0.29, 0.717) is 18.5 Å². The predicted octanol–water partition coefficient (Wildman–Crippen LogP) is 2.10. The van der Waals surface area contributed by atoms with E-state index >= 15 is 0 Å². The number of aryl methyl sites for hydroxylation is 2. The standard InChI is InChI=1S/C20H26N4O2/c1-14-18(15(2)22-20(26)21-14)8-9-19(25)23-16-10-12-24(13-11-16)17-6-4-3-5-7-17/h3-7,16H,8-13H2,1-2H3,(H,23,25)(H,21,22,26). The van der Waals surface area contributed by atoms with Gasteiger partial charge in [-0.1, -0.05) is 18.2 Å². The Bertz CT molecular complexity index is 782. The highest BCUT2D eigenvalue weighted by Gasteiger charge is 2.21. The number of nitrogens with zero attached hydrogens (tertiary/aromatic N) is 2. The van der Waals surface area contributed by atoms with Crippen molar-refractivity contribution < 1.29 is 4.79 Å². The molecule has 1 aromatic carbocycles. The van der Waals surface area contributed by atoms with Crippen molar-refractivity contribution >= 4 is 11.6 Å². The number of carbonyl (C=O) groups is 1. The fourth-order valence-electron chi connectivity index (χ4n) is 3.58. The Morgan fingerprint density at radius 3 is 2.58 bits per heavy atom. The largest absolute Gasteiger partial charge is 0.371 e. The number of H-pyrrole nitrogens is 1. The topological polar surface area (TPSA) is 78.1 Å². The molecule has 3 rings (SSSR count). The van der Waals surface area contributed by atoms with E-state index in [2.05, 4.69) is 44.5 Å². The Morgan fingerprint density at radius 1 is 1.23 bits per heavy atom. The number of aromatic nitrogens is 2. The van der Waals surface area contributed by atoms with Gasteiger partial charge in [0.15, 0.2) is 0 Å². The second-order valence-electron chi connectivity index (χ2n) is 6.90. The van der Waals surface area contributed by atoms with Gasteiger partial charge in [0.25, 0.3) is 0 Å². The SMILES string of the molecule is Cc1nc(=O)[nH]c(C)c1CCC(=O)NC1CCN(c2ccccc2)CC1. The van der Waals surface area contributed by atoms with Crippen molar-refractivity contribution in [2.75, 3.05) is 18.0 Å². The number of para-hydroxylation sites is 1. The third-order valence-electron chi connectivity index (χ3n) is 5.04. The van der Waals surface area contributed by atoms with Crippen molar-refractivity contribution in [3.8, 4) is 0 Å². The number of hydrogen-bond donors (Lipinski definition) is 2. The van der Waals surface area contributed by atoms with Gasteiger partial charge in [0, 0.05) is 42.6 Å². The van der Waals surface area contributed by atoms with Crippen molar-refractivity contribution in [2.45, 2.75) is 45.6 Å². The summed E-state index contributed by atoms with van der Waals surface area (Å²) in [4.78, 5) is 32.6. The number of hydrogen-bond acceptors (Lipinski definition) is 4. The summed E-state index contributed by atoms with van der Waals surface area (Å²) in [7, 11) is 0. The van der Waals surface area contributed by atoms with Gasteiger partial charge in [0.1, 0.15) is 0 Å². The molecule has 1 amide bonds. The van der Waals surface area contributed by atoms with E-state index in [0.717, 1.165) is 37.2 Å². The minimum absolute atomic E-state index is 0.0631. The molecule has 0 unspecified atom stereocenters. The third-order valence-corrected chi connectivity index (χ3v) is 5.04. The molecule has 6 nitrogen and oxygen atoms in total. The van der Waals surface area contributed by atoms with Crippen LogP contribution in [0.5, 0.6) is 0 Å². The van der Waals surface area contributed by atoms with Crippen molar-refractivity contribution in [2.24, 2.45) is 0 Å². The Morgan fingerprint density at radius 2 is 1.92 bits per heavy atom. The molecule has 0 aliphatic carbocycles. The zero-order chi connectivity index (χ0) is 18.5. The van der Waals surface area contributed by atoms with Crippen LogP contribution >= 0.6 is 0 Å². The lowest BCUT2D eigenvalue weighted by molar-refractivity contribution is -0.121. The average molecular weight is 354 g/mol. The summed E-state index contributed by atoms with van der Waals surface area (Å²) in [5.41, 5.74) is 3.37. The molecule has 1 aromatic heterocycles. The van der Waals surface area contributed by atoms with Gasteiger partial charge in [-0.2, -0.15) is 4.98 Å². The summed E-state index contributed by atoms with van der Waals surface area (Å²) in [5, 5.41) is 3.15. The zero-order valence-corrected chi connectivity index (χ0v) is 15.4. The fraction of sp³-hybridized carbons (Fsp3) is 0.450. The number of carbonyl (C=O) groups excluding carboxylic acids is 1. The molecule has 2 N–H and O–H groups in total. The molecule has 0 bridgehead atoms. The molecular formula is C20H26N4O2. The fourth-order valence-corrected chi connectivity index (χ4v) is 3.58. The molecule has 138 valence electrons. The number of amides is 1. The van der Waals surface area contributed by atoms with Crippen LogP contribution in [0.15, 0.2) is 35.1 Å². The number of nitrogens with one attached hydrogen (secondary N) is 2. The maximum absolute atomic E-state index is 12.3. The first-order valence-electron chi connectivity index (χ1n) is 9.18. The van der Waals surface area contributed by atoms with E-state index in [1.54, 1.807) is 0 Å². The van der Waals surface area contributed by atoms with Crippen LogP contribution in [0.1, 0.15) is 36.2 Å². The lowest BCUT2D eigenvalue weighted by Gasteiger charge is -2.34. The lowest BCUT2D eigenvalue weighted by Crippen LogP contribution is -2.44. The second-order valence-corrected chi connectivity index (χ2v) is 6.90. The number of anilines is 1. The molecule has 0 spiro atoms. The van der Waals surface area contributed by atoms with Crippen LogP contribution in [0, 0.1) is 13.8 Å². The van der Waals surface area contributed by atoms with E-state index in [1.165, 1.54) is 5.69 Å². The van der Waals surface area contributed by atoms with Gasteiger partial charge >= 0.3 is 5.69 Å². The van der Waals surface area contributed by atoms with E-state index in [4.69, 9.17) is 0 Å². The third kappa shape index (κ3) is 4.50. The molecule has 0 atom stereocenters. The molecule has 1 aliphatic heterocycles. The second kappa shape index (κ2) is 8.17. The normalized spacial score (nSPS) is 15.1. The number of piperidine rings is 1. The molecular weight excluding hydrogens is 328 g/mol. The van der Waals surface area contributed by atoms with Crippen molar-refractivity contribution in [1.82, 2.24) is 15.3 Å². The highest BCUT2D eigenvalue weighted by atomic mass is 16.1. The summed E-state index contributed by atoms with van der Waals surface area (Å²) < 4.78 is 0. The molecule has 1 aliphatic rings. The number of aromatic amines is 1. The van der Waals surface area contributed by atoms with Gasteiger partial charge < -0.3 is 15.2 Å². The number of benzene rings is 1. The average Bonchev–Trinajstić information content (AvgIpc) is 2.62. The maximum atomic E-state index is 12.3. The Labute approximate surface area is 153 Å². The monoisotopic (exact) mass is 354 g/mol. The van der Waals surface area contributed by atoms with Crippen molar-refractivity contribution in [1.29, 1.82) is 0 Å². The molecule has 1 fully saturated rings. The predicted molar refractivity (Wildman–Crippen MR) is 102 cm³/mol. The van der Waals surface area contributed by atoms with Crippen LogP contribution in [-0.2, 0) is 11.2 Å². The summed E-state index contributed by atoms with van der Waals surface area (Å²) in [5.74, 6) is 0.0631. The minimum atomic E-state index is -0.335. The first kappa shape index (κ1) is 18.2. The smallest absolute Gasteiger partial charge is 0.345 e. The minimum Gasteiger partial charge on any atom is -0.371 e. The summed E-state index contributed by atoms with van der Waals surface area (Å²) in [6.07, 6.45) is 2.92. The van der Waals surface area contributed by atoms with E-state index in [-0.39, 0.29) is 17.6 Å². The lowest BCUT2D eigenvalue weighted by atomic mass is 10.0. The summed E-state index contributed by atoms with van der Waals surface area (Å²) in [6.45, 7) is 5.57. The van der Waals surface area contributed by atoms with Crippen LogP contribution < -0.4 is 15.9 Å². The number of rotatable bonds is 5. The Hall–Kier alpha value is -2.63. The van der Waals surface area contributed by atoms with Crippen LogP contribution in [0.2, 0.25) is 0 Å². The van der Waals surface area contributed by atoms with Gasteiger partial charge in [-0.05, 0) is 50.8 Å². The maximum Gasteiger partial charge on any atom is 0.345 e. The quantitative estimate of drug-likeness (QED) is 0.862. The Balaban J connectivity index is 1.47. The first-order valence-corrected chi connectivity index (χ1v) is 9.18. The van der Waals surface area contributed by atoms with Gasteiger partial charge in [0.05, 0.1) is 0 Å². The van der Waals surface area contributed by atoms with E-state index in [9.17, 15) is 9.59 Å². The first-order chi connectivity index (χ1) is 12.5. The molecule has 1 saturated heterocycles.